The number of anilines is 1. The van der Waals surface area contributed by atoms with Gasteiger partial charge in [-0.3, -0.25) is 10.00 Å². The maximum absolute atomic E-state index is 12.7. The predicted octanol–water partition coefficient (Wildman–Crippen LogP) is 3.66. The van der Waals surface area contributed by atoms with Gasteiger partial charge in [0, 0.05) is 29.7 Å². The number of aromatic nitrogens is 2. The second-order valence-corrected chi connectivity index (χ2v) is 6.88. The number of hydrogen-bond donors (Lipinski definition) is 1. The Morgan fingerprint density at radius 2 is 2.04 bits per heavy atom. The van der Waals surface area contributed by atoms with Gasteiger partial charge in [0.05, 0.1) is 13.2 Å². The van der Waals surface area contributed by atoms with Crippen molar-refractivity contribution in [1.29, 1.82) is 0 Å². The molecule has 138 valence electrons. The maximum atomic E-state index is 12.7. The van der Waals surface area contributed by atoms with E-state index in [2.05, 4.69) is 15.2 Å². The number of rotatable bonds is 2. The number of nitrogens with zero attached hydrogens (tertiary/aromatic N) is 3. The molecule has 0 bridgehead atoms. The van der Waals surface area contributed by atoms with Gasteiger partial charge in [-0.25, -0.2) is 9.59 Å². The molecule has 3 rings (SSSR count). The molecule has 1 atom stereocenters. The van der Waals surface area contributed by atoms with E-state index in [0.717, 1.165) is 11.1 Å². The van der Waals surface area contributed by atoms with E-state index < -0.39 is 5.97 Å². The van der Waals surface area contributed by atoms with E-state index in [1.165, 1.54) is 17.9 Å². The van der Waals surface area contributed by atoms with Gasteiger partial charge < -0.3 is 9.64 Å². The number of carbonyl (C=O) groups is 2. The summed E-state index contributed by atoms with van der Waals surface area (Å²) in [4.78, 5) is 26.0. The van der Waals surface area contributed by atoms with E-state index in [-0.39, 0.29) is 23.6 Å². The van der Waals surface area contributed by atoms with E-state index in [0.29, 0.717) is 23.0 Å². The summed E-state index contributed by atoms with van der Waals surface area (Å²) in [6.45, 7) is 2.43. The van der Waals surface area contributed by atoms with Crippen molar-refractivity contribution in [3.05, 3.63) is 45.1 Å². The van der Waals surface area contributed by atoms with Crippen LogP contribution < -0.4 is 5.32 Å². The molecule has 0 saturated carbocycles. The zero-order valence-corrected chi connectivity index (χ0v) is 16.1. The Morgan fingerprint density at radius 1 is 1.31 bits per heavy atom. The molecule has 2 aromatic rings. The molecule has 26 heavy (non-hydrogen) atoms. The molecule has 0 saturated heterocycles. The number of benzene rings is 1. The average molecular weight is 397 g/mol. The van der Waals surface area contributed by atoms with Crippen molar-refractivity contribution in [2.24, 2.45) is 7.05 Å². The van der Waals surface area contributed by atoms with Gasteiger partial charge in [-0.05, 0) is 36.6 Å². The first-order valence-corrected chi connectivity index (χ1v) is 8.75. The molecule has 0 aliphatic carbocycles. The molecular weight excluding hydrogens is 379 g/mol. The normalized spacial score (nSPS) is 16.2. The first kappa shape index (κ1) is 18.5. The lowest BCUT2D eigenvalue weighted by Crippen LogP contribution is -2.41. The lowest BCUT2D eigenvalue weighted by Gasteiger charge is -2.35. The van der Waals surface area contributed by atoms with Crippen molar-refractivity contribution < 1.29 is 14.3 Å². The van der Waals surface area contributed by atoms with Crippen molar-refractivity contribution >= 4 is 41.0 Å². The number of hydrogen-bond acceptors (Lipinski definition) is 4. The standard InChI is InChI=1S/C17H18Cl2N4O3/c1-9-15-10(6-11(18)7-12(15)19)4-5-23(9)17(25)20-14-8-13(16(24)26-3)22(2)21-14/h6-9H,4-5H2,1-3H3,(H,20,21,25). The fourth-order valence-electron chi connectivity index (χ4n) is 3.19. The minimum absolute atomic E-state index is 0.215. The van der Waals surface area contributed by atoms with Crippen molar-refractivity contribution in [3.63, 3.8) is 0 Å². The van der Waals surface area contributed by atoms with Crippen LogP contribution >= 0.6 is 23.2 Å². The SMILES string of the molecule is COC(=O)c1cc(NC(=O)N2CCc3cc(Cl)cc(Cl)c3C2C)nn1C. The molecule has 1 aromatic carbocycles. The van der Waals surface area contributed by atoms with Crippen LogP contribution in [0.2, 0.25) is 10.0 Å². The number of halogens is 2. The van der Waals surface area contributed by atoms with Crippen LogP contribution in [-0.2, 0) is 18.2 Å². The monoisotopic (exact) mass is 396 g/mol. The third-order valence-corrected chi connectivity index (χ3v) is 4.99. The predicted molar refractivity (Wildman–Crippen MR) is 98.9 cm³/mol. The molecule has 1 aliphatic heterocycles. The second kappa shape index (κ2) is 7.17. The molecule has 1 N–H and O–H groups in total. The number of amides is 2. The summed E-state index contributed by atoms with van der Waals surface area (Å²) in [6, 6.07) is 4.51. The lowest BCUT2D eigenvalue weighted by molar-refractivity contribution is 0.0588. The number of aryl methyl sites for hydroxylation is 1. The Morgan fingerprint density at radius 3 is 2.73 bits per heavy atom. The van der Waals surface area contributed by atoms with Crippen LogP contribution in [0.15, 0.2) is 18.2 Å². The Balaban J connectivity index is 1.80. The summed E-state index contributed by atoms with van der Waals surface area (Å²) in [6.07, 6.45) is 0.656. The van der Waals surface area contributed by atoms with Crippen LogP contribution in [0.25, 0.3) is 0 Å². The fraction of sp³-hybridized carbons (Fsp3) is 0.353. The minimum Gasteiger partial charge on any atom is -0.464 e. The molecule has 1 aromatic heterocycles. The number of carbonyl (C=O) groups excluding carboxylic acids is 2. The fourth-order valence-corrected chi connectivity index (χ4v) is 3.88. The van der Waals surface area contributed by atoms with Crippen molar-refractivity contribution in [2.75, 3.05) is 19.0 Å². The summed E-state index contributed by atoms with van der Waals surface area (Å²) in [5.74, 6) is -0.248. The van der Waals surface area contributed by atoms with Crippen molar-refractivity contribution in [1.82, 2.24) is 14.7 Å². The quantitative estimate of drug-likeness (QED) is 0.785. The number of ether oxygens (including phenoxy) is 1. The van der Waals surface area contributed by atoms with Gasteiger partial charge >= 0.3 is 12.0 Å². The second-order valence-electron chi connectivity index (χ2n) is 6.04. The Kier molecular flexibility index (Phi) is 5.11. The summed E-state index contributed by atoms with van der Waals surface area (Å²) >= 11 is 12.4. The zero-order chi connectivity index (χ0) is 19.0. The first-order valence-electron chi connectivity index (χ1n) is 7.99. The highest BCUT2D eigenvalue weighted by Gasteiger charge is 2.30. The number of fused-ring (bicyclic) bond motifs is 1. The van der Waals surface area contributed by atoms with E-state index in [4.69, 9.17) is 23.2 Å². The van der Waals surface area contributed by atoms with E-state index in [1.54, 1.807) is 18.0 Å². The molecule has 2 heterocycles. The smallest absolute Gasteiger partial charge is 0.356 e. The number of methoxy groups -OCH3 is 1. The van der Waals surface area contributed by atoms with Gasteiger partial charge in [0.2, 0.25) is 0 Å². The Hall–Kier alpha value is -2.25. The van der Waals surface area contributed by atoms with Gasteiger partial charge in [0.15, 0.2) is 5.82 Å². The molecule has 7 nitrogen and oxygen atoms in total. The first-order chi connectivity index (χ1) is 12.3. The van der Waals surface area contributed by atoms with Gasteiger partial charge in [-0.2, -0.15) is 5.10 Å². The van der Waals surface area contributed by atoms with E-state index in [1.807, 2.05) is 13.0 Å². The summed E-state index contributed by atoms with van der Waals surface area (Å²) < 4.78 is 6.04. The molecule has 0 fully saturated rings. The van der Waals surface area contributed by atoms with Gasteiger partial charge in [0.25, 0.3) is 0 Å². The summed E-state index contributed by atoms with van der Waals surface area (Å²) in [7, 11) is 2.89. The van der Waals surface area contributed by atoms with Crippen LogP contribution in [0, 0.1) is 0 Å². The molecule has 2 amide bonds. The third kappa shape index (κ3) is 3.37. The highest BCUT2D eigenvalue weighted by molar-refractivity contribution is 6.35. The van der Waals surface area contributed by atoms with Crippen LogP contribution in [0.3, 0.4) is 0 Å². The third-order valence-electron chi connectivity index (χ3n) is 4.46. The summed E-state index contributed by atoms with van der Waals surface area (Å²) in [5, 5.41) is 7.98. The molecule has 0 spiro atoms. The summed E-state index contributed by atoms with van der Waals surface area (Å²) in [5.41, 5.74) is 2.19. The molecular formula is C17H18Cl2N4O3. The molecule has 0 radical (unpaired) electrons. The highest BCUT2D eigenvalue weighted by Crippen LogP contribution is 2.37. The van der Waals surface area contributed by atoms with Crippen molar-refractivity contribution in [2.45, 2.75) is 19.4 Å². The Labute approximate surface area is 160 Å². The number of esters is 1. The lowest BCUT2D eigenvalue weighted by atomic mass is 9.94. The van der Waals surface area contributed by atoms with Gasteiger partial charge in [0.1, 0.15) is 5.69 Å². The Bertz CT molecular complexity index is 881. The molecule has 1 unspecified atom stereocenters. The van der Waals surface area contributed by atoms with E-state index >= 15 is 0 Å². The van der Waals surface area contributed by atoms with Gasteiger partial charge in [-0.1, -0.05) is 23.2 Å². The van der Waals surface area contributed by atoms with E-state index in [9.17, 15) is 9.59 Å². The van der Waals surface area contributed by atoms with Crippen LogP contribution in [0.1, 0.15) is 34.6 Å². The van der Waals surface area contributed by atoms with Crippen LogP contribution in [0.5, 0.6) is 0 Å². The zero-order valence-electron chi connectivity index (χ0n) is 14.5. The maximum Gasteiger partial charge on any atom is 0.356 e. The molecule has 9 heteroatoms. The number of urea groups is 1. The minimum atomic E-state index is -0.524. The topological polar surface area (TPSA) is 76.5 Å². The highest BCUT2D eigenvalue weighted by atomic mass is 35.5. The van der Waals surface area contributed by atoms with Gasteiger partial charge in [-0.15, -0.1) is 0 Å². The largest absolute Gasteiger partial charge is 0.464 e. The van der Waals surface area contributed by atoms with Crippen molar-refractivity contribution in [3.8, 4) is 0 Å². The van der Waals surface area contributed by atoms with Crippen LogP contribution in [-0.4, -0.2) is 40.3 Å². The molecule has 1 aliphatic rings. The van der Waals surface area contributed by atoms with Crippen LogP contribution in [0.4, 0.5) is 10.6 Å². The number of nitrogens with one attached hydrogen (secondary N) is 1. The average Bonchev–Trinajstić information content (AvgIpc) is 2.93.